The molecule has 1 fully saturated rings. The molecule has 1 aliphatic rings. The number of nitrogens with one attached hydrogen (secondary N) is 1. The molecule has 0 unspecified atom stereocenters. The van der Waals surface area contributed by atoms with Crippen LogP contribution in [0.15, 0.2) is 48.5 Å². The van der Waals surface area contributed by atoms with Gasteiger partial charge >= 0.3 is 12.2 Å². The number of nitrogens with zero attached hydrogens (tertiary/aromatic N) is 3. The molecule has 16 nitrogen and oxygen atoms in total. The summed E-state index contributed by atoms with van der Waals surface area (Å²) in [5.74, 6) is 0. The predicted octanol–water partition coefficient (Wildman–Crippen LogP) is 3.28. The summed E-state index contributed by atoms with van der Waals surface area (Å²) in [7, 11) is -3.81. The van der Waals surface area contributed by atoms with E-state index in [9.17, 15) is 38.2 Å². The second kappa shape index (κ2) is 14.2. The first-order chi connectivity index (χ1) is 20.1. The van der Waals surface area contributed by atoms with E-state index in [4.69, 9.17) is 18.4 Å². The Balaban J connectivity index is 1.52. The number of amides is 2. The third-order valence-corrected chi connectivity index (χ3v) is 6.89. The minimum Gasteiger partial charge on any atom is -0.445 e. The standard InChI is InChI=1S/C26H32N4O12S/c1-26(2,17-27-24(31)39-14-18-4-8-20(9-5-18)29(33)34)41-16-22-12-23(42-43(3,37)38)13-28(22)25(32)40-15-19-6-10-21(11-7-19)30(35)36/h4-11,22-23H,12-17H2,1-3H3,(H,27,31)/t22-,23+/m0/s1. The van der Waals surface area contributed by atoms with E-state index in [-0.39, 0.29) is 50.7 Å². The number of carbonyl (C=O) groups is 2. The van der Waals surface area contributed by atoms with Crippen molar-refractivity contribution in [2.45, 2.75) is 51.2 Å². The van der Waals surface area contributed by atoms with Crippen molar-refractivity contribution in [2.24, 2.45) is 0 Å². The number of non-ortho nitro benzene ring substituents is 2. The number of nitro benzene ring substituents is 2. The number of hydrogen-bond donors (Lipinski definition) is 1. The number of nitro groups is 2. The molecular weight excluding hydrogens is 592 g/mol. The highest BCUT2D eigenvalue weighted by Crippen LogP contribution is 2.25. The highest BCUT2D eigenvalue weighted by Gasteiger charge is 2.39. The van der Waals surface area contributed by atoms with Gasteiger partial charge < -0.3 is 24.4 Å². The molecule has 234 valence electrons. The van der Waals surface area contributed by atoms with Gasteiger partial charge in [0.1, 0.15) is 13.2 Å². The van der Waals surface area contributed by atoms with Crippen molar-refractivity contribution < 1.29 is 46.2 Å². The highest BCUT2D eigenvalue weighted by molar-refractivity contribution is 7.86. The van der Waals surface area contributed by atoms with E-state index < -0.39 is 49.9 Å². The predicted molar refractivity (Wildman–Crippen MR) is 149 cm³/mol. The normalized spacial score (nSPS) is 16.9. The van der Waals surface area contributed by atoms with Crippen molar-refractivity contribution in [1.82, 2.24) is 10.2 Å². The Kier molecular flexibility index (Phi) is 11.0. The van der Waals surface area contributed by atoms with Crippen molar-refractivity contribution in [3.8, 4) is 0 Å². The Hall–Kier alpha value is -4.35. The molecule has 2 atom stereocenters. The Labute approximate surface area is 247 Å². The number of benzene rings is 2. The van der Waals surface area contributed by atoms with Crippen LogP contribution < -0.4 is 5.32 Å². The summed E-state index contributed by atoms with van der Waals surface area (Å²) in [5, 5.41) is 24.2. The van der Waals surface area contributed by atoms with E-state index in [1.54, 1.807) is 13.8 Å². The van der Waals surface area contributed by atoms with Crippen LogP contribution in [0.1, 0.15) is 31.4 Å². The number of ether oxygens (including phenoxy) is 3. The van der Waals surface area contributed by atoms with E-state index in [1.807, 2.05) is 0 Å². The summed E-state index contributed by atoms with van der Waals surface area (Å²) in [6.07, 6.45) is -1.28. The zero-order valence-electron chi connectivity index (χ0n) is 23.7. The van der Waals surface area contributed by atoms with Gasteiger partial charge in [0.05, 0.1) is 47.0 Å². The fraction of sp³-hybridized carbons (Fsp3) is 0.462. The van der Waals surface area contributed by atoms with Gasteiger partial charge in [-0.25, -0.2) is 9.59 Å². The van der Waals surface area contributed by atoms with Gasteiger partial charge in [0.15, 0.2) is 0 Å². The first-order valence-electron chi connectivity index (χ1n) is 12.9. The fourth-order valence-corrected chi connectivity index (χ4v) is 4.72. The van der Waals surface area contributed by atoms with Crippen LogP contribution in [0.4, 0.5) is 21.0 Å². The molecule has 1 heterocycles. The van der Waals surface area contributed by atoms with Crippen molar-refractivity contribution in [2.75, 3.05) is 26.0 Å². The van der Waals surface area contributed by atoms with Gasteiger partial charge in [-0.15, -0.1) is 0 Å². The Morgan fingerprint density at radius 2 is 1.47 bits per heavy atom. The lowest BCUT2D eigenvalue weighted by Crippen LogP contribution is -2.45. The van der Waals surface area contributed by atoms with Gasteiger partial charge in [0.25, 0.3) is 21.5 Å². The molecule has 0 saturated carbocycles. The molecule has 2 aromatic rings. The average Bonchev–Trinajstić information content (AvgIpc) is 3.34. The SMILES string of the molecule is CC(C)(CNC(=O)OCc1ccc([N+](=O)[O-])cc1)OC[C@@H]1C[C@@H](OS(C)(=O)=O)CN1C(=O)OCc1ccc([N+](=O)[O-])cc1. The van der Waals surface area contributed by atoms with Gasteiger partial charge in [0, 0.05) is 30.8 Å². The highest BCUT2D eigenvalue weighted by atomic mass is 32.2. The third-order valence-electron chi connectivity index (χ3n) is 6.27. The number of alkyl carbamates (subject to hydrolysis) is 1. The number of carbonyl (C=O) groups excluding carboxylic acids is 2. The molecule has 0 radical (unpaired) electrons. The maximum absolute atomic E-state index is 12.9. The summed E-state index contributed by atoms with van der Waals surface area (Å²) in [4.78, 5) is 46.9. The summed E-state index contributed by atoms with van der Waals surface area (Å²) < 4.78 is 45.0. The zero-order valence-corrected chi connectivity index (χ0v) is 24.5. The largest absolute Gasteiger partial charge is 0.445 e. The maximum Gasteiger partial charge on any atom is 0.410 e. The van der Waals surface area contributed by atoms with E-state index in [1.165, 1.54) is 53.4 Å². The molecule has 1 aliphatic heterocycles. The first-order valence-corrected chi connectivity index (χ1v) is 14.8. The molecule has 0 spiro atoms. The first kappa shape index (κ1) is 33.2. The van der Waals surface area contributed by atoms with Crippen molar-refractivity contribution in [3.05, 3.63) is 79.9 Å². The van der Waals surface area contributed by atoms with Crippen LogP contribution in [-0.4, -0.2) is 79.0 Å². The van der Waals surface area contributed by atoms with Crippen LogP contribution in [0, 0.1) is 20.2 Å². The lowest BCUT2D eigenvalue weighted by molar-refractivity contribution is -0.385. The second-order valence-electron chi connectivity index (χ2n) is 10.4. The monoisotopic (exact) mass is 624 g/mol. The van der Waals surface area contributed by atoms with Crippen molar-refractivity contribution in [3.63, 3.8) is 0 Å². The van der Waals surface area contributed by atoms with E-state index in [0.29, 0.717) is 11.1 Å². The fourth-order valence-electron chi connectivity index (χ4n) is 4.09. The van der Waals surface area contributed by atoms with Gasteiger partial charge in [-0.05, 0) is 55.7 Å². The smallest absolute Gasteiger partial charge is 0.410 e. The molecule has 0 aromatic heterocycles. The van der Waals surface area contributed by atoms with Gasteiger partial charge in [-0.2, -0.15) is 8.42 Å². The van der Waals surface area contributed by atoms with E-state index in [2.05, 4.69) is 5.32 Å². The van der Waals surface area contributed by atoms with Crippen LogP contribution in [0.3, 0.4) is 0 Å². The number of hydrogen-bond acceptors (Lipinski definition) is 12. The molecule has 1 N–H and O–H groups in total. The van der Waals surface area contributed by atoms with Crippen LogP contribution in [0.25, 0.3) is 0 Å². The lowest BCUT2D eigenvalue weighted by atomic mass is 10.1. The zero-order chi connectivity index (χ0) is 31.8. The molecule has 0 bridgehead atoms. The van der Waals surface area contributed by atoms with Gasteiger partial charge in [-0.3, -0.25) is 24.4 Å². The Morgan fingerprint density at radius 3 is 1.95 bits per heavy atom. The van der Waals surface area contributed by atoms with Crippen LogP contribution in [-0.2, 0) is 41.7 Å². The molecule has 17 heteroatoms. The number of rotatable bonds is 13. The Morgan fingerprint density at radius 1 is 0.953 bits per heavy atom. The van der Waals surface area contributed by atoms with Gasteiger partial charge in [-0.1, -0.05) is 0 Å². The molecule has 0 aliphatic carbocycles. The topological polar surface area (TPSA) is 207 Å². The molecule has 1 saturated heterocycles. The molecule has 2 aromatic carbocycles. The summed E-state index contributed by atoms with van der Waals surface area (Å²) in [6.45, 7) is 3.02. The lowest BCUT2D eigenvalue weighted by Gasteiger charge is -2.30. The summed E-state index contributed by atoms with van der Waals surface area (Å²) in [6, 6.07) is 10.4. The Bertz CT molecular complexity index is 1410. The average molecular weight is 625 g/mol. The molecular formula is C26H32N4O12S. The third kappa shape index (κ3) is 10.8. The van der Waals surface area contributed by atoms with Crippen LogP contribution in [0.5, 0.6) is 0 Å². The summed E-state index contributed by atoms with van der Waals surface area (Å²) in [5.41, 5.74) is -0.0509. The summed E-state index contributed by atoms with van der Waals surface area (Å²) >= 11 is 0. The quantitative estimate of drug-likeness (QED) is 0.193. The maximum atomic E-state index is 12.9. The minimum atomic E-state index is -3.81. The van der Waals surface area contributed by atoms with Crippen molar-refractivity contribution >= 4 is 33.7 Å². The minimum absolute atomic E-state index is 0.0205. The van der Waals surface area contributed by atoms with Crippen LogP contribution >= 0.6 is 0 Å². The van der Waals surface area contributed by atoms with Crippen molar-refractivity contribution in [1.29, 1.82) is 0 Å². The number of likely N-dealkylation sites (tertiary alicyclic amines) is 1. The second-order valence-corrected chi connectivity index (χ2v) is 12.0. The van der Waals surface area contributed by atoms with Gasteiger partial charge in [0.2, 0.25) is 0 Å². The van der Waals surface area contributed by atoms with E-state index in [0.717, 1.165) is 6.26 Å². The molecule has 3 rings (SSSR count). The molecule has 43 heavy (non-hydrogen) atoms. The van der Waals surface area contributed by atoms with E-state index >= 15 is 0 Å². The molecule has 2 amide bonds. The van der Waals surface area contributed by atoms with Crippen LogP contribution in [0.2, 0.25) is 0 Å².